The van der Waals surface area contributed by atoms with Crippen LogP contribution in [0.4, 0.5) is 0 Å². The molecule has 1 heterocycles. The lowest BCUT2D eigenvalue weighted by Crippen LogP contribution is -2.48. The van der Waals surface area contributed by atoms with Crippen LogP contribution in [0.15, 0.2) is 0 Å². The van der Waals surface area contributed by atoms with Crippen molar-refractivity contribution >= 4 is 5.91 Å². The molecule has 2 fully saturated rings. The van der Waals surface area contributed by atoms with E-state index in [1.807, 2.05) is 13.8 Å². The summed E-state index contributed by atoms with van der Waals surface area (Å²) in [7, 11) is 3.82. The van der Waals surface area contributed by atoms with Gasteiger partial charge in [0.25, 0.3) is 0 Å². The molecule has 3 heteroatoms. The summed E-state index contributed by atoms with van der Waals surface area (Å²) in [5, 5.41) is 2.71. The molecule has 1 N–H and O–H groups in total. The van der Waals surface area contributed by atoms with Gasteiger partial charge in [-0.25, -0.2) is 0 Å². The second-order valence-electron chi connectivity index (χ2n) is 3.91. The minimum Gasteiger partial charge on any atom is -0.359 e. The van der Waals surface area contributed by atoms with Gasteiger partial charge in [-0.05, 0) is 13.5 Å². The Bertz CT molecular complexity index is 197. The molecule has 0 aromatic rings. The molecule has 0 bridgehead atoms. The van der Waals surface area contributed by atoms with Gasteiger partial charge in [-0.15, -0.1) is 0 Å². The molecule has 1 atom stereocenters. The number of nitrogens with one attached hydrogen (secondary N) is 1. The molecule has 1 aliphatic carbocycles. The van der Waals surface area contributed by atoms with Crippen LogP contribution in [0.5, 0.6) is 0 Å². The minimum atomic E-state index is 0.234. The van der Waals surface area contributed by atoms with Crippen molar-refractivity contribution in [1.82, 2.24) is 10.2 Å². The average molecular weight is 184 g/mol. The van der Waals surface area contributed by atoms with Crippen LogP contribution in [0.25, 0.3) is 0 Å². The normalized spacial score (nSPS) is 28.5. The molecule has 1 aliphatic heterocycles. The number of likely N-dealkylation sites (tertiary alicyclic amines) is 1. The van der Waals surface area contributed by atoms with Gasteiger partial charge >= 0.3 is 0 Å². The highest BCUT2D eigenvalue weighted by atomic mass is 16.2. The SMILES string of the molecule is CC.CNC(=O)C1CC12CN(C)C2. The van der Waals surface area contributed by atoms with Crippen LogP contribution in [0.3, 0.4) is 0 Å². The van der Waals surface area contributed by atoms with E-state index in [-0.39, 0.29) is 5.91 Å². The molecule has 13 heavy (non-hydrogen) atoms. The molecule has 0 aromatic heterocycles. The fraction of sp³-hybridized carbons (Fsp3) is 0.900. The summed E-state index contributed by atoms with van der Waals surface area (Å²) < 4.78 is 0. The van der Waals surface area contributed by atoms with Crippen molar-refractivity contribution in [3.8, 4) is 0 Å². The number of hydrogen-bond donors (Lipinski definition) is 1. The quantitative estimate of drug-likeness (QED) is 0.651. The van der Waals surface area contributed by atoms with Gasteiger partial charge < -0.3 is 10.2 Å². The van der Waals surface area contributed by atoms with Gasteiger partial charge in [0.05, 0.1) is 0 Å². The number of amides is 1. The molecular formula is C10H20N2O. The van der Waals surface area contributed by atoms with Crippen LogP contribution in [-0.2, 0) is 4.79 Å². The molecule has 1 unspecified atom stereocenters. The Kier molecular flexibility index (Phi) is 2.96. The van der Waals surface area contributed by atoms with Crippen molar-refractivity contribution < 1.29 is 4.79 Å². The van der Waals surface area contributed by atoms with E-state index in [1.165, 1.54) is 0 Å². The number of carbonyl (C=O) groups excluding carboxylic acids is 1. The summed E-state index contributed by atoms with van der Waals surface area (Å²) >= 11 is 0. The first-order valence-electron chi connectivity index (χ1n) is 5.08. The molecular weight excluding hydrogens is 164 g/mol. The Labute approximate surface area is 80.5 Å². The monoisotopic (exact) mass is 184 g/mol. The van der Waals surface area contributed by atoms with E-state index in [4.69, 9.17) is 0 Å². The highest BCUT2D eigenvalue weighted by Gasteiger charge is 2.63. The number of nitrogens with zero attached hydrogens (tertiary/aromatic N) is 1. The first-order chi connectivity index (χ1) is 6.18. The highest BCUT2D eigenvalue weighted by molar-refractivity contribution is 5.82. The molecule has 1 saturated heterocycles. The predicted octanol–water partition coefficient (Wildman–Crippen LogP) is 0.710. The third kappa shape index (κ3) is 1.70. The Hall–Kier alpha value is -0.570. The topological polar surface area (TPSA) is 32.3 Å². The first kappa shape index (κ1) is 10.5. The lowest BCUT2D eigenvalue weighted by Gasteiger charge is -2.37. The van der Waals surface area contributed by atoms with E-state index in [9.17, 15) is 4.79 Å². The van der Waals surface area contributed by atoms with E-state index < -0.39 is 0 Å². The highest BCUT2D eigenvalue weighted by Crippen LogP contribution is 2.58. The molecule has 3 nitrogen and oxygen atoms in total. The maximum Gasteiger partial charge on any atom is 0.223 e. The zero-order chi connectivity index (χ0) is 10.1. The van der Waals surface area contributed by atoms with Crippen LogP contribution in [-0.4, -0.2) is 38.0 Å². The van der Waals surface area contributed by atoms with Crippen molar-refractivity contribution in [2.45, 2.75) is 20.3 Å². The van der Waals surface area contributed by atoms with Crippen LogP contribution >= 0.6 is 0 Å². The Balaban J connectivity index is 0.000000396. The van der Waals surface area contributed by atoms with Gasteiger partial charge in [-0.3, -0.25) is 4.79 Å². The van der Waals surface area contributed by atoms with Crippen molar-refractivity contribution in [3.63, 3.8) is 0 Å². The van der Waals surface area contributed by atoms with Gasteiger partial charge in [0.1, 0.15) is 0 Å². The van der Waals surface area contributed by atoms with E-state index in [0.717, 1.165) is 19.5 Å². The van der Waals surface area contributed by atoms with Crippen molar-refractivity contribution in [3.05, 3.63) is 0 Å². The summed E-state index contributed by atoms with van der Waals surface area (Å²) in [4.78, 5) is 13.4. The van der Waals surface area contributed by atoms with Gasteiger partial charge in [0.2, 0.25) is 5.91 Å². The van der Waals surface area contributed by atoms with E-state index in [1.54, 1.807) is 7.05 Å². The smallest absolute Gasteiger partial charge is 0.223 e. The fourth-order valence-corrected chi connectivity index (χ4v) is 2.27. The molecule has 1 spiro atoms. The molecule has 2 aliphatic rings. The summed E-state index contributed by atoms with van der Waals surface area (Å²) in [5.74, 6) is 0.557. The van der Waals surface area contributed by atoms with Crippen LogP contribution in [0, 0.1) is 11.3 Å². The summed E-state index contributed by atoms with van der Waals surface area (Å²) in [6.45, 7) is 6.23. The average Bonchev–Trinajstić information content (AvgIpc) is 2.82. The van der Waals surface area contributed by atoms with E-state index >= 15 is 0 Å². The van der Waals surface area contributed by atoms with Gasteiger partial charge in [0.15, 0.2) is 0 Å². The van der Waals surface area contributed by atoms with Gasteiger partial charge in [-0.1, -0.05) is 13.8 Å². The van der Waals surface area contributed by atoms with E-state index in [0.29, 0.717) is 11.3 Å². The Morgan fingerprint density at radius 3 is 2.38 bits per heavy atom. The second kappa shape index (κ2) is 3.66. The lowest BCUT2D eigenvalue weighted by atomic mass is 9.94. The maximum atomic E-state index is 11.2. The molecule has 1 saturated carbocycles. The Morgan fingerprint density at radius 2 is 2.00 bits per heavy atom. The van der Waals surface area contributed by atoms with Crippen LogP contribution in [0.2, 0.25) is 0 Å². The maximum absolute atomic E-state index is 11.2. The third-order valence-corrected chi connectivity index (χ3v) is 2.92. The molecule has 2 rings (SSSR count). The number of rotatable bonds is 1. The van der Waals surface area contributed by atoms with Crippen molar-refractivity contribution in [2.75, 3.05) is 27.2 Å². The fourth-order valence-electron chi connectivity index (χ4n) is 2.27. The molecule has 0 aromatic carbocycles. The summed E-state index contributed by atoms with van der Waals surface area (Å²) in [6, 6.07) is 0. The van der Waals surface area contributed by atoms with Crippen molar-refractivity contribution in [1.29, 1.82) is 0 Å². The zero-order valence-electron chi connectivity index (χ0n) is 9.05. The van der Waals surface area contributed by atoms with Crippen molar-refractivity contribution in [2.24, 2.45) is 11.3 Å². The zero-order valence-corrected chi connectivity index (χ0v) is 9.05. The number of carbonyl (C=O) groups is 1. The minimum absolute atomic E-state index is 0.234. The molecule has 0 radical (unpaired) electrons. The predicted molar refractivity (Wildman–Crippen MR) is 53.5 cm³/mol. The number of hydrogen-bond acceptors (Lipinski definition) is 2. The third-order valence-electron chi connectivity index (χ3n) is 2.92. The second-order valence-corrected chi connectivity index (χ2v) is 3.91. The van der Waals surface area contributed by atoms with Gasteiger partial charge in [0, 0.05) is 31.5 Å². The van der Waals surface area contributed by atoms with Crippen LogP contribution < -0.4 is 5.32 Å². The van der Waals surface area contributed by atoms with Gasteiger partial charge in [-0.2, -0.15) is 0 Å². The standard InChI is InChI=1S/C8H14N2O.C2H6/c1-9-7(11)6-3-8(6)4-10(2)5-8;1-2/h6H,3-5H2,1-2H3,(H,9,11);1-2H3. The largest absolute Gasteiger partial charge is 0.359 e. The summed E-state index contributed by atoms with van der Waals surface area (Å²) in [6.07, 6.45) is 1.11. The molecule has 76 valence electrons. The van der Waals surface area contributed by atoms with E-state index in [2.05, 4.69) is 17.3 Å². The lowest BCUT2D eigenvalue weighted by molar-refractivity contribution is -0.123. The summed E-state index contributed by atoms with van der Waals surface area (Å²) in [5.41, 5.74) is 0.398. The first-order valence-corrected chi connectivity index (χ1v) is 5.08. The molecule has 1 amide bonds. The Morgan fingerprint density at radius 1 is 1.46 bits per heavy atom. The van der Waals surface area contributed by atoms with Crippen LogP contribution in [0.1, 0.15) is 20.3 Å².